The topological polar surface area (TPSA) is 90.7 Å². The van der Waals surface area contributed by atoms with E-state index in [0.29, 0.717) is 6.07 Å². The first-order valence-corrected chi connectivity index (χ1v) is 7.24. The molecule has 1 amide bonds. The third kappa shape index (κ3) is 4.80. The Morgan fingerprint density at radius 1 is 1.16 bits per heavy atom. The Morgan fingerprint density at radius 3 is 2.40 bits per heavy atom. The molecular weight excluding hydrogens is 358 g/mol. The van der Waals surface area contributed by atoms with Crippen LogP contribution in [0.25, 0.3) is 0 Å². The smallest absolute Gasteiger partial charge is 0.342 e. The van der Waals surface area contributed by atoms with E-state index < -0.39 is 30.1 Å². The maximum atomic E-state index is 13.1. The lowest BCUT2D eigenvalue weighted by Gasteiger charge is -2.11. The number of nitrogens with one attached hydrogen (secondary N) is 1. The minimum atomic E-state index is -0.876. The van der Waals surface area contributed by atoms with Crippen LogP contribution in [0.15, 0.2) is 30.3 Å². The number of hydrogen-bond donors (Lipinski definition) is 2. The molecule has 0 fully saturated rings. The van der Waals surface area contributed by atoms with Gasteiger partial charge in [0.15, 0.2) is 6.61 Å². The summed E-state index contributed by atoms with van der Waals surface area (Å²) in [4.78, 5) is 23.8. The molecule has 3 N–H and O–H groups in total. The molecule has 0 aliphatic carbocycles. The van der Waals surface area contributed by atoms with Crippen LogP contribution in [0.5, 0.6) is 5.75 Å². The fourth-order valence-electron chi connectivity index (χ4n) is 1.93. The van der Waals surface area contributed by atoms with Gasteiger partial charge in [-0.1, -0.05) is 11.6 Å². The molecule has 0 aliphatic rings. The Morgan fingerprint density at radius 2 is 1.80 bits per heavy atom. The van der Waals surface area contributed by atoms with E-state index in [1.807, 2.05) is 0 Å². The van der Waals surface area contributed by atoms with Crippen LogP contribution < -0.4 is 15.8 Å². The van der Waals surface area contributed by atoms with Crippen LogP contribution in [-0.2, 0) is 9.53 Å². The van der Waals surface area contributed by atoms with E-state index in [-0.39, 0.29) is 27.7 Å². The zero-order chi connectivity index (χ0) is 18.6. The molecule has 6 nitrogen and oxygen atoms in total. The Bertz CT molecular complexity index is 810. The quantitative estimate of drug-likeness (QED) is 0.623. The number of halogens is 3. The number of nitrogens with two attached hydrogens (primary N) is 1. The number of benzene rings is 2. The Hall–Kier alpha value is -2.87. The average Bonchev–Trinajstić information content (AvgIpc) is 2.53. The first-order valence-electron chi connectivity index (χ1n) is 6.86. The summed E-state index contributed by atoms with van der Waals surface area (Å²) in [5.41, 5.74) is 5.69. The van der Waals surface area contributed by atoms with Crippen LogP contribution in [0.2, 0.25) is 5.02 Å². The second-order valence-electron chi connectivity index (χ2n) is 4.86. The van der Waals surface area contributed by atoms with Crippen LogP contribution in [0.1, 0.15) is 10.4 Å². The van der Waals surface area contributed by atoms with Gasteiger partial charge in [0.1, 0.15) is 22.9 Å². The van der Waals surface area contributed by atoms with Crippen LogP contribution in [0.4, 0.5) is 20.2 Å². The molecule has 25 heavy (non-hydrogen) atoms. The number of methoxy groups -OCH3 is 1. The van der Waals surface area contributed by atoms with E-state index in [1.54, 1.807) is 0 Å². The normalized spacial score (nSPS) is 10.2. The molecular formula is C16H13ClF2N2O4. The van der Waals surface area contributed by atoms with E-state index >= 15 is 0 Å². The molecule has 0 saturated carbocycles. The molecule has 0 saturated heterocycles. The van der Waals surface area contributed by atoms with E-state index in [1.165, 1.54) is 19.2 Å². The van der Waals surface area contributed by atoms with Crippen LogP contribution >= 0.6 is 11.6 Å². The highest BCUT2D eigenvalue weighted by Crippen LogP contribution is 2.29. The molecule has 0 aromatic heterocycles. The summed E-state index contributed by atoms with van der Waals surface area (Å²) in [5, 5.41) is 2.32. The second-order valence-corrected chi connectivity index (χ2v) is 5.26. The molecule has 0 heterocycles. The highest BCUT2D eigenvalue weighted by Gasteiger charge is 2.18. The van der Waals surface area contributed by atoms with Gasteiger partial charge in [-0.05, 0) is 18.2 Å². The molecule has 132 valence electrons. The SMILES string of the molecule is COc1cc(N)c(Cl)cc1C(=O)OCC(=O)Nc1cc(F)cc(F)c1. The van der Waals surface area contributed by atoms with Gasteiger partial charge in [-0.15, -0.1) is 0 Å². The Balaban J connectivity index is 2.02. The molecule has 0 aliphatic heterocycles. The van der Waals surface area contributed by atoms with Gasteiger partial charge in [-0.25, -0.2) is 13.6 Å². The fraction of sp³-hybridized carbons (Fsp3) is 0.125. The Kier molecular flexibility index (Phi) is 5.76. The van der Waals surface area contributed by atoms with E-state index in [4.69, 9.17) is 26.8 Å². The third-order valence-electron chi connectivity index (χ3n) is 3.02. The maximum Gasteiger partial charge on any atom is 0.342 e. The molecule has 0 radical (unpaired) electrons. The van der Waals surface area contributed by atoms with Gasteiger partial charge in [0.25, 0.3) is 5.91 Å². The summed E-state index contributed by atoms with van der Waals surface area (Å²) in [7, 11) is 1.32. The zero-order valence-corrected chi connectivity index (χ0v) is 13.7. The van der Waals surface area contributed by atoms with Crippen molar-refractivity contribution in [2.45, 2.75) is 0 Å². The molecule has 2 aromatic carbocycles. The zero-order valence-electron chi connectivity index (χ0n) is 12.9. The number of esters is 1. The number of carbonyl (C=O) groups is 2. The minimum absolute atomic E-state index is 0.0219. The molecule has 0 atom stereocenters. The minimum Gasteiger partial charge on any atom is -0.496 e. The highest BCUT2D eigenvalue weighted by atomic mass is 35.5. The van der Waals surface area contributed by atoms with Crippen molar-refractivity contribution in [3.8, 4) is 5.75 Å². The van der Waals surface area contributed by atoms with E-state index in [2.05, 4.69) is 5.32 Å². The second kappa shape index (κ2) is 7.80. The van der Waals surface area contributed by atoms with Crippen molar-refractivity contribution in [2.24, 2.45) is 0 Å². The summed E-state index contributed by atoms with van der Waals surface area (Å²) in [5.74, 6) is -3.24. The molecule has 2 aromatic rings. The molecule has 2 rings (SSSR count). The number of anilines is 2. The van der Waals surface area contributed by atoms with E-state index in [0.717, 1.165) is 12.1 Å². The van der Waals surface area contributed by atoms with Gasteiger partial charge >= 0.3 is 5.97 Å². The monoisotopic (exact) mass is 370 g/mol. The highest BCUT2D eigenvalue weighted by molar-refractivity contribution is 6.33. The molecule has 0 bridgehead atoms. The number of rotatable bonds is 5. The standard InChI is InChI=1S/C16H13ClF2N2O4/c1-24-14-6-13(20)12(17)5-11(14)16(23)25-7-15(22)21-10-3-8(18)2-9(19)4-10/h2-6H,7,20H2,1H3,(H,21,22). The van der Waals surface area contributed by atoms with Crippen LogP contribution in [-0.4, -0.2) is 25.6 Å². The van der Waals surface area contributed by atoms with Gasteiger partial charge < -0.3 is 20.5 Å². The molecule has 9 heteroatoms. The van der Waals surface area contributed by atoms with Crippen LogP contribution in [0, 0.1) is 11.6 Å². The number of nitrogen functional groups attached to an aromatic ring is 1. The van der Waals surface area contributed by atoms with Crippen LogP contribution in [0.3, 0.4) is 0 Å². The van der Waals surface area contributed by atoms with Crippen molar-refractivity contribution in [3.05, 3.63) is 52.6 Å². The van der Waals surface area contributed by atoms with Crippen molar-refractivity contribution in [1.82, 2.24) is 0 Å². The van der Waals surface area contributed by atoms with Gasteiger partial charge in [0.05, 0.1) is 17.8 Å². The lowest BCUT2D eigenvalue weighted by Crippen LogP contribution is -2.21. The van der Waals surface area contributed by atoms with E-state index in [9.17, 15) is 18.4 Å². The van der Waals surface area contributed by atoms with Gasteiger partial charge in [0, 0.05) is 17.8 Å². The largest absolute Gasteiger partial charge is 0.496 e. The summed E-state index contributed by atoms with van der Waals surface area (Å²) in [6.45, 7) is -0.678. The number of carbonyl (C=O) groups excluding carboxylic acids is 2. The predicted molar refractivity (Wildman–Crippen MR) is 87.7 cm³/mol. The summed E-state index contributed by atoms with van der Waals surface area (Å²) in [6, 6.07) is 5.09. The van der Waals surface area contributed by atoms with Gasteiger partial charge in [-0.2, -0.15) is 0 Å². The van der Waals surface area contributed by atoms with Crippen molar-refractivity contribution < 1.29 is 27.8 Å². The first-order chi connectivity index (χ1) is 11.8. The summed E-state index contributed by atoms with van der Waals surface area (Å²) < 4.78 is 36.0. The third-order valence-corrected chi connectivity index (χ3v) is 3.35. The summed E-state index contributed by atoms with van der Waals surface area (Å²) >= 11 is 5.85. The first kappa shape index (κ1) is 18.5. The molecule has 0 spiro atoms. The fourth-order valence-corrected chi connectivity index (χ4v) is 2.09. The number of hydrogen-bond acceptors (Lipinski definition) is 5. The van der Waals surface area contributed by atoms with Gasteiger partial charge in [0.2, 0.25) is 0 Å². The Labute approximate surface area is 146 Å². The predicted octanol–water partition coefficient (Wildman–Crippen LogP) is 3.00. The number of ether oxygens (including phenoxy) is 2. The lowest BCUT2D eigenvalue weighted by atomic mass is 10.2. The van der Waals surface area contributed by atoms with Crippen molar-refractivity contribution in [2.75, 3.05) is 24.8 Å². The molecule has 0 unspecified atom stereocenters. The maximum absolute atomic E-state index is 13.1. The summed E-state index contributed by atoms with van der Waals surface area (Å²) in [6.07, 6.45) is 0. The average molecular weight is 371 g/mol. The van der Waals surface area contributed by atoms with Crippen molar-refractivity contribution in [1.29, 1.82) is 0 Å². The number of amides is 1. The van der Waals surface area contributed by atoms with Gasteiger partial charge in [-0.3, -0.25) is 4.79 Å². The van der Waals surface area contributed by atoms with Crippen molar-refractivity contribution >= 4 is 34.9 Å². The lowest BCUT2D eigenvalue weighted by molar-refractivity contribution is -0.119. The van der Waals surface area contributed by atoms with Crippen molar-refractivity contribution in [3.63, 3.8) is 0 Å².